The summed E-state index contributed by atoms with van der Waals surface area (Å²) in [6.45, 7) is 0. The fourth-order valence-electron chi connectivity index (χ4n) is 20.7. The summed E-state index contributed by atoms with van der Waals surface area (Å²) >= 11 is 0. The lowest BCUT2D eigenvalue weighted by atomic mass is 9.91. The zero-order valence-electron chi connectivity index (χ0n) is 70.6. The first-order valence-corrected chi connectivity index (χ1v) is 44.6. The highest BCUT2D eigenvalue weighted by molar-refractivity contribution is 6.18. The molecule has 27 rings (SSSR count). The first-order chi connectivity index (χ1) is 64.0. The number of benzene rings is 24. The largest absolute Gasteiger partial charge is 0.309 e. The summed E-state index contributed by atoms with van der Waals surface area (Å²) in [6.07, 6.45) is 0. The summed E-state index contributed by atoms with van der Waals surface area (Å²) < 4.78 is 7.27. The van der Waals surface area contributed by atoms with Gasteiger partial charge in [-0.25, -0.2) is 0 Å². The van der Waals surface area contributed by atoms with Crippen LogP contribution < -0.4 is 0 Å². The normalized spacial score (nSPS) is 11.7. The lowest BCUT2D eigenvalue weighted by Gasteiger charge is -2.13. The lowest BCUT2D eigenvalue weighted by molar-refractivity contribution is 1.20. The molecule has 0 saturated carbocycles. The van der Waals surface area contributed by atoms with E-state index in [1.165, 1.54) is 246 Å². The van der Waals surface area contributed by atoms with E-state index in [9.17, 15) is 0 Å². The van der Waals surface area contributed by atoms with Crippen LogP contribution in [0.3, 0.4) is 0 Å². The topological polar surface area (TPSA) is 14.8 Å². The van der Waals surface area contributed by atoms with Gasteiger partial charge in [0, 0.05) is 48.5 Å². The van der Waals surface area contributed by atoms with E-state index in [-0.39, 0.29) is 0 Å². The number of aromatic nitrogens is 3. The van der Waals surface area contributed by atoms with Crippen LogP contribution in [0.4, 0.5) is 0 Å². The van der Waals surface area contributed by atoms with Crippen molar-refractivity contribution in [2.24, 2.45) is 0 Å². The smallest absolute Gasteiger partial charge is 0.0541 e. The molecule has 0 amide bonds. The van der Waals surface area contributed by atoms with Gasteiger partial charge in [-0.15, -0.1) is 0 Å². The highest BCUT2D eigenvalue weighted by atomic mass is 15.0. The van der Waals surface area contributed by atoms with Crippen molar-refractivity contribution < 1.29 is 0 Å². The summed E-state index contributed by atoms with van der Waals surface area (Å²) in [5.74, 6) is 0. The number of hydrogen-bond donors (Lipinski definition) is 0. The van der Waals surface area contributed by atoms with Gasteiger partial charge in [-0.05, 0) is 257 Å². The molecule has 129 heavy (non-hydrogen) atoms. The second-order valence-corrected chi connectivity index (χ2v) is 34.1. The molecule has 0 spiro atoms. The third kappa shape index (κ3) is 12.9. The van der Waals surface area contributed by atoms with Crippen molar-refractivity contribution in [3.63, 3.8) is 0 Å². The van der Waals surface area contributed by atoms with E-state index in [4.69, 9.17) is 0 Å². The fourth-order valence-corrected chi connectivity index (χ4v) is 20.7. The molecule has 3 nitrogen and oxygen atoms in total. The van der Waals surface area contributed by atoms with Gasteiger partial charge in [-0.1, -0.05) is 382 Å². The number of nitrogens with zero attached hydrogens (tertiary/aromatic N) is 3. The number of fused-ring (bicyclic) bond motifs is 21. The highest BCUT2D eigenvalue weighted by Gasteiger charge is 2.21. The van der Waals surface area contributed by atoms with E-state index in [1.54, 1.807) is 0 Å². The molecule has 0 aliphatic heterocycles. The van der Waals surface area contributed by atoms with Crippen molar-refractivity contribution in [1.82, 2.24) is 13.7 Å². The van der Waals surface area contributed by atoms with E-state index in [0.29, 0.717) is 0 Å². The van der Waals surface area contributed by atoms with Crippen molar-refractivity contribution >= 4 is 162 Å². The van der Waals surface area contributed by atoms with Gasteiger partial charge in [0.25, 0.3) is 0 Å². The Labute approximate surface area is 746 Å². The van der Waals surface area contributed by atoms with E-state index < -0.39 is 0 Å². The zero-order valence-corrected chi connectivity index (χ0v) is 70.6. The fraction of sp³-hybridized carbons (Fsp3) is 0. The molecule has 27 aromatic rings. The second-order valence-electron chi connectivity index (χ2n) is 34.1. The molecule has 0 aliphatic rings. The zero-order chi connectivity index (χ0) is 85.0. The predicted octanol–water partition coefficient (Wildman–Crippen LogP) is 34.7. The van der Waals surface area contributed by atoms with Gasteiger partial charge in [-0.3, -0.25) is 0 Å². The maximum absolute atomic E-state index is 2.43. The standard InChI is InChI=1S/3C42H27N/c1-4-17-34-28(11-1)13-10-22-40(34)43-41-21-8-7-20-37(41)39-26-30(23-24-42(39)43)29-14-9-15-31(25-29)38-27-32-12-2-3-16-33(32)35-18-5-6-19-36(35)38;1-3-14-35-29(10-1)19-20-34-26-32(21-23-36(34)35)30-12-7-13-31(25-30)33-22-24-42-39(27-33)38-16-5-6-17-41(38)43(42)40-18-8-11-28-9-2-4-15-37(28)40;1-3-14-35-29(10-1)19-20-30-21-22-33(26-38(30)35)31-12-7-13-32(25-31)34-23-24-42-39(27-34)37-16-5-6-17-41(37)43(42)40-18-8-11-28-9-2-4-15-36(28)40/h3*1-27H. The second kappa shape index (κ2) is 31.1. The van der Waals surface area contributed by atoms with Gasteiger partial charge in [0.15, 0.2) is 0 Å². The Morgan fingerprint density at radius 3 is 0.760 bits per heavy atom. The van der Waals surface area contributed by atoms with Crippen molar-refractivity contribution in [3.8, 4) is 83.8 Å². The van der Waals surface area contributed by atoms with Gasteiger partial charge in [-0.2, -0.15) is 0 Å². The molecule has 24 aromatic carbocycles. The average molecular weight is 1640 g/mol. The Morgan fingerprint density at radius 2 is 0.333 bits per heavy atom. The average Bonchev–Trinajstić information content (AvgIpc) is 1.57. The third-order valence-electron chi connectivity index (χ3n) is 26.9. The van der Waals surface area contributed by atoms with Crippen molar-refractivity contribution in [3.05, 3.63) is 491 Å². The third-order valence-corrected chi connectivity index (χ3v) is 26.9. The SMILES string of the molecule is c1cc(-c2ccc3c(c2)c2ccccc2n3-c2cccc3ccccc23)cc(-c2cc3ccccc3c3ccccc23)c1.c1cc(-c2ccc3c(ccc4ccccc43)c2)cc(-c2ccc3c(c2)c2ccccc2n3-c2cccc3ccccc23)c1.c1cc(-c2ccc3ccc4ccccc4c3c2)cc(-c2ccc3c(c2)c2ccccc2n3-c2cccc3ccccc23)c1. The van der Waals surface area contributed by atoms with Crippen LogP contribution >= 0.6 is 0 Å². The molecule has 0 unspecified atom stereocenters. The van der Waals surface area contributed by atoms with Gasteiger partial charge < -0.3 is 13.7 Å². The van der Waals surface area contributed by atoms with Crippen LogP contribution in [0.15, 0.2) is 491 Å². The van der Waals surface area contributed by atoms with E-state index >= 15 is 0 Å². The summed E-state index contributed by atoms with van der Waals surface area (Å²) in [5.41, 5.74) is 25.7. The predicted molar refractivity (Wildman–Crippen MR) is 553 cm³/mol. The summed E-state index contributed by atoms with van der Waals surface area (Å²) in [6, 6.07) is 179. The highest BCUT2D eigenvalue weighted by Crippen LogP contribution is 2.45. The Bertz CT molecular complexity index is 9200. The summed E-state index contributed by atoms with van der Waals surface area (Å²) in [5, 5.41) is 30.6. The van der Waals surface area contributed by atoms with Crippen molar-refractivity contribution in [2.75, 3.05) is 0 Å². The van der Waals surface area contributed by atoms with Crippen LogP contribution in [0.2, 0.25) is 0 Å². The van der Waals surface area contributed by atoms with Gasteiger partial charge in [0.2, 0.25) is 0 Å². The Balaban J connectivity index is 0.000000105. The maximum Gasteiger partial charge on any atom is 0.0541 e. The minimum atomic E-state index is 1.21. The molecule has 0 N–H and O–H groups in total. The van der Waals surface area contributed by atoms with Crippen LogP contribution in [0.25, 0.3) is 246 Å². The van der Waals surface area contributed by atoms with Crippen molar-refractivity contribution in [2.45, 2.75) is 0 Å². The molecule has 0 saturated heterocycles. The van der Waals surface area contributed by atoms with E-state index in [1.807, 2.05) is 0 Å². The summed E-state index contributed by atoms with van der Waals surface area (Å²) in [7, 11) is 0. The maximum atomic E-state index is 2.43. The quantitative estimate of drug-likeness (QED) is 0.128. The van der Waals surface area contributed by atoms with Crippen molar-refractivity contribution in [1.29, 1.82) is 0 Å². The lowest BCUT2D eigenvalue weighted by Crippen LogP contribution is -1.95. The molecular formula is C126H81N3. The molecule has 0 atom stereocenters. The van der Waals surface area contributed by atoms with E-state index in [2.05, 4.69) is 505 Å². The van der Waals surface area contributed by atoms with E-state index in [0.717, 1.165) is 0 Å². The molecular weight excluding hydrogens is 1560 g/mol. The molecule has 3 heterocycles. The first-order valence-electron chi connectivity index (χ1n) is 44.6. The minimum absolute atomic E-state index is 1.21. The summed E-state index contributed by atoms with van der Waals surface area (Å²) in [4.78, 5) is 0. The molecule has 0 bridgehead atoms. The van der Waals surface area contributed by atoms with Gasteiger partial charge in [0.1, 0.15) is 0 Å². The molecule has 600 valence electrons. The Kier molecular flexibility index (Phi) is 18.0. The molecule has 0 radical (unpaired) electrons. The van der Waals surface area contributed by atoms with Crippen LogP contribution in [-0.4, -0.2) is 13.7 Å². The van der Waals surface area contributed by atoms with Crippen LogP contribution in [0.1, 0.15) is 0 Å². The molecule has 3 heteroatoms. The number of rotatable bonds is 9. The van der Waals surface area contributed by atoms with Crippen LogP contribution in [0, 0.1) is 0 Å². The Hall–Kier alpha value is -17.0. The minimum Gasteiger partial charge on any atom is -0.309 e. The molecule has 3 aromatic heterocycles. The monoisotopic (exact) mass is 1640 g/mol. The van der Waals surface area contributed by atoms with Gasteiger partial charge in [0.05, 0.1) is 50.2 Å². The molecule has 0 aliphatic carbocycles. The van der Waals surface area contributed by atoms with Gasteiger partial charge >= 0.3 is 0 Å². The van der Waals surface area contributed by atoms with Crippen LogP contribution in [0.5, 0.6) is 0 Å². The van der Waals surface area contributed by atoms with Crippen LogP contribution in [-0.2, 0) is 0 Å². The number of hydrogen-bond acceptors (Lipinski definition) is 0. The number of para-hydroxylation sites is 3. The Morgan fingerprint density at radius 1 is 0.101 bits per heavy atom. The molecule has 0 fully saturated rings. The first kappa shape index (κ1) is 74.6.